The van der Waals surface area contributed by atoms with Gasteiger partial charge in [-0.2, -0.15) is 25.3 Å². The van der Waals surface area contributed by atoms with Gasteiger partial charge in [-0.3, -0.25) is 19.2 Å². The van der Waals surface area contributed by atoms with Gasteiger partial charge in [-0.05, 0) is 142 Å². The number of methoxy groups -OCH3 is 1. The van der Waals surface area contributed by atoms with E-state index in [1.165, 1.54) is 57.2 Å². The Labute approximate surface area is 555 Å². The van der Waals surface area contributed by atoms with Crippen LogP contribution in [0, 0.1) is 17.8 Å². The molecule has 3 fully saturated rings. The van der Waals surface area contributed by atoms with E-state index in [1.807, 2.05) is 44.8 Å². The molecule has 0 aromatic rings. The number of esters is 2. The predicted octanol–water partition coefficient (Wildman–Crippen LogP) is 6.09. The van der Waals surface area contributed by atoms with Crippen LogP contribution in [0.4, 0.5) is 0 Å². The molecule has 3 aliphatic rings. The van der Waals surface area contributed by atoms with Crippen LogP contribution in [0.5, 0.6) is 0 Å². The molecule has 0 aromatic heterocycles. The van der Waals surface area contributed by atoms with Gasteiger partial charge in [0, 0.05) is 61.0 Å². The lowest BCUT2D eigenvalue weighted by Crippen LogP contribution is -2.61. The molecular formula is C60H108N4O19S6. The first-order chi connectivity index (χ1) is 41.0. The first-order valence-electron chi connectivity index (χ1n) is 30.8. The number of carbonyl (C=O) groups is 6. The minimum atomic E-state index is -1.89. The molecule has 3 saturated heterocycles. The Morgan fingerprint density at radius 2 is 1.39 bits per heavy atom. The summed E-state index contributed by atoms with van der Waals surface area (Å²) in [5, 5.41) is 72.8. The second kappa shape index (κ2) is 36.0. The van der Waals surface area contributed by atoms with Crippen LogP contribution in [-0.4, -0.2) is 245 Å². The zero-order valence-electron chi connectivity index (χ0n) is 55.5. The fourth-order valence-corrected chi connectivity index (χ4v) is 17.0. The van der Waals surface area contributed by atoms with Crippen LogP contribution in [0.15, 0.2) is 0 Å². The van der Waals surface area contributed by atoms with Gasteiger partial charge in [0.2, 0.25) is 11.8 Å². The molecule has 0 aromatic carbocycles. The molecule has 0 saturated carbocycles. The molecule has 23 nitrogen and oxygen atoms in total. The zero-order valence-corrected chi connectivity index (χ0v) is 60.6. The van der Waals surface area contributed by atoms with Gasteiger partial charge < -0.3 is 84.2 Å². The first-order valence-corrected chi connectivity index (χ1v) is 36.6. The Morgan fingerprint density at radius 1 is 0.820 bits per heavy atom. The average Bonchev–Trinajstić information content (AvgIpc) is 1.40. The van der Waals surface area contributed by atoms with Gasteiger partial charge in [-0.15, -0.1) is 0 Å². The number of thiol groups is 2. The van der Waals surface area contributed by atoms with E-state index in [4.69, 9.17) is 33.2 Å². The van der Waals surface area contributed by atoms with Crippen LogP contribution in [0.2, 0.25) is 0 Å². The van der Waals surface area contributed by atoms with E-state index < -0.39 is 159 Å². The third-order valence-electron chi connectivity index (χ3n) is 17.2. The molecule has 0 spiro atoms. The number of aliphatic carboxylic acids is 2. The number of carboxylic acids is 2. The van der Waals surface area contributed by atoms with Crippen molar-refractivity contribution in [2.45, 2.75) is 272 Å². The lowest BCUT2D eigenvalue weighted by molar-refractivity contribution is -0.319. The molecule has 21 atom stereocenters. The second-order valence-electron chi connectivity index (χ2n) is 26.6. The summed E-state index contributed by atoms with van der Waals surface area (Å²) >= 11 is 8.54. The number of rotatable bonds is 29. The van der Waals surface area contributed by atoms with Gasteiger partial charge in [-0.1, -0.05) is 70.4 Å². The Kier molecular flexibility index (Phi) is 33.1. The van der Waals surface area contributed by atoms with Crippen LogP contribution in [0.3, 0.4) is 0 Å². The van der Waals surface area contributed by atoms with Crippen molar-refractivity contribution < 1.29 is 92.6 Å². The van der Waals surface area contributed by atoms with Crippen LogP contribution in [-0.2, 0) is 61.9 Å². The molecule has 8 N–H and O–H groups in total. The molecule has 0 bridgehead atoms. The topological polar surface area (TPSA) is 319 Å². The van der Waals surface area contributed by atoms with E-state index in [-0.39, 0.29) is 48.4 Å². The molecule has 1 unspecified atom stereocenters. The fraction of sp³-hybridized carbons (Fsp3) is 0.900. The SMILES string of the molecule is CC[C@H]1OC(=O)[C@H](C)[C@@H](O[C@H]2C[C@@](C)(OC)[C@@H](O)[C@H](C)O2)[C@H](C)[C@@H](O[C@@H]2O[C@H](C)C[C@H](N(C)C)[C@H]2OC(=O)CCCC[C@H](CCSSC[C@H](NC(=O)C(C)(C)S)C(=O)O)SSCC(NC(=O)C(C)(C)S)C(=O)O)[C@](C)(O)C[C@@H](C)CN(C)[C@H](C)[C@@H](O)[C@]1(C)O. The van der Waals surface area contributed by atoms with Crippen molar-refractivity contribution in [2.75, 3.05) is 52.1 Å². The third-order valence-corrected chi connectivity index (χ3v) is 23.0. The summed E-state index contributed by atoms with van der Waals surface area (Å²) in [7, 11) is 12.5. The smallest absolute Gasteiger partial charge is 0.327 e. The molecule has 3 aliphatic heterocycles. The van der Waals surface area contributed by atoms with Gasteiger partial charge in [0.25, 0.3) is 0 Å². The molecule has 29 heteroatoms. The Bertz CT molecular complexity index is 2270. The summed E-state index contributed by atoms with van der Waals surface area (Å²) in [6.07, 6.45) is -7.58. The van der Waals surface area contributed by atoms with E-state index in [2.05, 4.69) is 35.9 Å². The van der Waals surface area contributed by atoms with Crippen molar-refractivity contribution >= 4 is 104 Å². The van der Waals surface area contributed by atoms with Crippen LogP contribution >= 0.6 is 68.4 Å². The number of aliphatic hydroxyl groups excluding tert-OH is 2. The number of hydrogen-bond acceptors (Lipinski definition) is 25. The van der Waals surface area contributed by atoms with Gasteiger partial charge in [-0.25, -0.2) is 9.59 Å². The number of carboxylic acid groups (broad SMARTS) is 2. The number of likely N-dealkylation sites (N-methyl/N-ethyl adjacent to an activating group) is 2. The molecule has 0 aliphatic carbocycles. The minimum absolute atomic E-state index is 0.00213. The van der Waals surface area contributed by atoms with Gasteiger partial charge in [0.05, 0.1) is 57.1 Å². The molecule has 0 radical (unpaired) electrons. The highest BCUT2D eigenvalue weighted by molar-refractivity contribution is 8.77. The number of carbonyl (C=O) groups excluding carboxylic acids is 4. The van der Waals surface area contributed by atoms with Crippen molar-refractivity contribution in [1.82, 2.24) is 20.4 Å². The number of nitrogens with zero attached hydrogens (tertiary/aromatic N) is 2. The number of cyclic esters (lactones) is 1. The van der Waals surface area contributed by atoms with Gasteiger partial charge in [0.15, 0.2) is 18.7 Å². The maximum absolute atomic E-state index is 14.7. The first kappa shape index (κ1) is 81.7. The molecular weight excluding hydrogens is 1270 g/mol. The largest absolute Gasteiger partial charge is 0.480 e. The number of aliphatic hydroxyl groups is 4. The lowest BCUT2D eigenvalue weighted by atomic mass is 9.77. The zero-order chi connectivity index (χ0) is 67.9. The molecule has 3 heterocycles. The number of amides is 2. The highest BCUT2D eigenvalue weighted by Crippen LogP contribution is 2.42. The summed E-state index contributed by atoms with van der Waals surface area (Å²) < 4.78 is 43.1. The number of unbranched alkanes of at least 4 members (excludes halogenated alkanes) is 1. The van der Waals surface area contributed by atoms with Crippen LogP contribution in [0.1, 0.15) is 155 Å². The summed E-state index contributed by atoms with van der Waals surface area (Å²) in [4.78, 5) is 82.2. The van der Waals surface area contributed by atoms with Crippen molar-refractivity contribution in [1.29, 1.82) is 0 Å². The van der Waals surface area contributed by atoms with E-state index in [0.717, 1.165) is 0 Å². The highest BCUT2D eigenvalue weighted by Gasteiger charge is 2.53. The standard InChI is InChI=1S/C60H108N4O19S6/c1-19-42-60(14,76)47(66)36(6)64(17)29-32(2)27-58(12,75)49(34(4)45(35(5)52(72)80-42)82-44-28-59(13,77-18)48(67)37(7)79-44)83-53-46(41(63(15)16)26-33(3)78-53)81-43(65)23-21-20-22-38(89-88-31-40(51(70)71)62-55(74)57(10,11)85)24-25-86-87-30-39(50(68)69)61-54(73)56(8,9)84/h32-42,44-49,53,66-67,75-76,84-85H,19-31H2,1-18H3,(H,61,73)(H,62,74)(H,68,69)(H,70,71)/t32-,33-,34+,35-,36-,37+,38-,39+,40?,41+,42-,44+,45+,46-,47-,48+,49-,53+,58-,59-,60-/m1/s1. The van der Waals surface area contributed by atoms with E-state index in [0.29, 0.717) is 44.4 Å². The summed E-state index contributed by atoms with van der Waals surface area (Å²) in [6.45, 7) is 23.9. The normalized spacial score (nSPS) is 35.1. The van der Waals surface area contributed by atoms with Crippen molar-refractivity contribution in [3.05, 3.63) is 0 Å². The maximum Gasteiger partial charge on any atom is 0.327 e. The van der Waals surface area contributed by atoms with Crippen LogP contribution in [0.25, 0.3) is 0 Å². The number of ether oxygens (including phenoxy) is 7. The highest BCUT2D eigenvalue weighted by atomic mass is 33.1. The Balaban J connectivity index is 2.00. The lowest BCUT2D eigenvalue weighted by Gasteiger charge is -2.49. The molecule has 3 rings (SSSR count). The molecule has 89 heavy (non-hydrogen) atoms. The van der Waals surface area contributed by atoms with Gasteiger partial charge in [0.1, 0.15) is 36.0 Å². The predicted molar refractivity (Wildman–Crippen MR) is 355 cm³/mol. The molecule has 2 amide bonds. The van der Waals surface area contributed by atoms with E-state index in [1.54, 1.807) is 76.2 Å². The monoisotopic (exact) mass is 1380 g/mol. The van der Waals surface area contributed by atoms with Crippen molar-refractivity contribution in [3.63, 3.8) is 0 Å². The number of nitrogens with one attached hydrogen (secondary N) is 2. The molecule has 518 valence electrons. The quantitative estimate of drug-likeness (QED) is 0.0175. The van der Waals surface area contributed by atoms with Gasteiger partial charge >= 0.3 is 23.9 Å². The summed E-state index contributed by atoms with van der Waals surface area (Å²) in [5.41, 5.74) is -4.75. The van der Waals surface area contributed by atoms with E-state index >= 15 is 0 Å². The average molecular weight is 1380 g/mol. The summed E-state index contributed by atoms with van der Waals surface area (Å²) in [6, 6.07) is -3.40. The Morgan fingerprint density at radius 3 is 1.92 bits per heavy atom. The summed E-state index contributed by atoms with van der Waals surface area (Å²) in [5.74, 6) is -6.33. The van der Waals surface area contributed by atoms with Crippen molar-refractivity contribution in [3.8, 4) is 0 Å². The maximum atomic E-state index is 14.7. The number of hydrogen-bond donors (Lipinski definition) is 10. The Hall–Kier alpha value is -1.52. The second-order valence-corrected chi connectivity index (χ2v) is 34.2. The van der Waals surface area contributed by atoms with Crippen molar-refractivity contribution in [2.24, 2.45) is 17.8 Å². The minimum Gasteiger partial charge on any atom is -0.480 e. The van der Waals surface area contributed by atoms with E-state index in [9.17, 15) is 59.4 Å². The van der Waals surface area contributed by atoms with Crippen LogP contribution < -0.4 is 10.6 Å². The fourth-order valence-electron chi connectivity index (χ4n) is 11.5. The third kappa shape index (κ3) is 24.6.